The number of carboxylic acid groups (broad SMARTS) is 1. The molecule has 2 heterocycles. The molecule has 26 heavy (non-hydrogen) atoms. The highest BCUT2D eigenvalue weighted by Crippen LogP contribution is 2.39. The number of ether oxygens (including phenoxy) is 1. The van der Waals surface area contributed by atoms with Crippen LogP contribution in [0.15, 0.2) is 17.5 Å². The zero-order chi connectivity index (χ0) is 19.6. The summed E-state index contributed by atoms with van der Waals surface area (Å²) in [6.45, 7) is 1.49. The molecule has 0 fully saturated rings. The van der Waals surface area contributed by atoms with Gasteiger partial charge in [-0.05, 0) is 18.4 Å². The molecule has 0 amide bonds. The third kappa shape index (κ3) is 3.64. The molecule has 0 saturated heterocycles. The second-order valence-electron chi connectivity index (χ2n) is 5.20. The van der Waals surface area contributed by atoms with Gasteiger partial charge in [-0.3, -0.25) is 9.59 Å². The minimum absolute atomic E-state index is 0.0151. The summed E-state index contributed by atoms with van der Waals surface area (Å²) < 4.78 is 46.3. The summed E-state index contributed by atoms with van der Waals surface area (Å²) in [7, 11) is 1.12. The number of aromatic nitrogens is 1. The number of ketones is 1. The first-order valence-corrected chi connectivity index (χ1v) is 8.23. The number of alkyl halides is 3. The Balaban J connectivity index is 2.76. The average molecular weight is 389 g/mol. The first-order chi connectivity index (χ1) is 12.1. The number of nitrogens with zero attached hydrogens (tertiary/aromatic N) is 1. The monoisotopic (exact) mass is 389 g/mol. The number of hydrogen-bond donors (Lipinski definition) is 1. The van der Waals surface area contributed by atoms with Gasteiger partial charge in [0, 0.05) is 12.7 Å². The molecule has 2 aromatic rings. The van der Waals surface area contributed by atoms with E-state index in [0.717, 1.165) is 23.0 Å². The summed E-state index contributed by atoms with van der Waals surface area (Å²) in [5, 5.41) is 10.8. The van der Waals surface area contributed by atoms with E-state index in [-0.39, 0.29) is 11.5 Å². The van der Waals surface area contributed by atoms with Crippen LogP contribution in [-0.2, 0) is 29.2 Å². The molecule has 2 rings (SSSR count). The van der Waals surface area contributed by atoms with Crippen molar-refractivity contribution in [1.29, 1.82) is 0 Å². The summed E-state index contributed by atoms with van der Waals surface area (Å²) >= 11 is 0.930. The Hall–Kier alpha value is -2.62. The van der Waals surface area contributed by atoms with Crippen LogP contribution in [0.25, 0.3) is 0 Å². The van der Waals surface area contributed by atoms with Gasteiger partial charge in [-0.15, -0.1) is 11.3 Å². The maximum atomic E-state index is 13.6. The maximum absolute atomic E-state index is 13.6. The lowest BCUT2D eigenvalue weighted by Gasteiger charge is -2.09. The fraction of sp³-hybridized carbons (Fsp3) is 0.312. The summed E-state index contributed by atoms with van der Waals surface area (Å²) in [5.41, 5.74) is -3.95. The lowest BCUT2D eigenvalue weighted by molar-refractivity contribution is -0.142. The highest BCUT2D eigenvalue weighted by atomic mass is 32.1. The van der Waals surface area contributed by atoms with Crippen LogP contribution in [0, 0.1) is 0 Å². The number of carbonyl (C=O) groups is 3. The van der Waals surface area contributed by atoms with E-state index in [4.69, 9.17) is 4.74 Å². The Labute approximate surface area is 149 Å². The van der Waals surface area contributed by atoms with E-state index < -0.39 is 52.8 Å². The van der Waals surface area contributed by atoms with Gasteiger partial charge in [0.2, 0.25) is 5.78 Å². The quantitative estimate of drug-likeness (QED) is 0.606. The number of aromatic carboxylic acids is 1. The molecular formula is C16H14F3NO5S. The van der Waals surface area contributed by atoms with Crippen molar-refractivity contribution in [3.8, 4) is 0 Å². The molecule has 0 atom stereocenters. The molecule has 0 radical (unpaired) electrons. The van der Waals surface area contributed by atoms with Crippen molar-refractivity contribution >= 4 is 29.1 Å². The molecule has 0 unspecified atom stereocenters. The van der Waals surface area contributed by atoms with Gasteiger partial charge in [-0.2, -0.15) is 13.2 Å². The highest BCUT2D eigenvalue weighted by Gasteiger charge is 2.45. The molecular weight excluding hydrogens is 375 g/mol. The summed E-state index contributed by atoms with van der Waals surface area (Å²) in [6, 6.07) is 2.83. The third-order valence-corrected chi connectivity index (χ3v) is 4.46. The van der Waals surface area contributed by atoms with Gasteiger partial charge in [0.05, 0.1) is 29.0 Å². The van der Waals surface area contributed by atoms with Gasteiger partial charge in [-0.25, -0.2) is 4.79 Å². The fourth-order valence-electron chi connectivity index (χ4n) is 2.59. The highest BCUT2D eigenvalue weighted by molar-refractivity contribution is 7.12. The molecule has 0 aliphatic rings. The predicted octanol–water partition coefficient (Wildman–Crippen LogP) is 3.14. The van der Waals surface area contributed by atoms with Gasteiger partial charge in [0.1, 0.15) is 5.69 Å². The minimum atomic E-state index is -5.10. The number of esters is 1. The normalized spacial score (nSPS) is 11.4. The van der Waals surface area contributed by atoms with Gasteiger partial charge in [-0.1, -0.05) is 6.07 Å². The Kier molecular flexibility index (Phi) is 5.55. The zero-order valence-corrected chi connectivity index (χ0v) is 14.5. The standard InChI is InChI=1S/C16H14F3NO5S/c1-3-25-10(21)7-8-11(15(23)24)12(16(17,18)19)13(20(8)2)14(22)9-5-4-6-26-9/h4-6H,3,7H2,1-2H3,(H,23,24). The van der Waals surface area contributed by atoms with Gasteiger partial charge < -0.3 is 14.4 Å². The number of carboxylic acids is 1. The predicted molar refractivity (Wildman–Crippen MR) is 85.5 cm³/mol. The van der Waals surface area contributed by atoms with Crippen molar-refractivity contribution in [2.75, 3.05) is 6.61 Å². The lowest BCUT2D eigenvalue weighted by Crippen LogP contribution is -2.17. The van der Waals surface area contributed by atoms with E-state index in [1.165, 1.54) is 24.4 Å². The number of halogens is 3. The Morgan fingerprint density at radius 2 is 1.96 bits per heavy atom. The molecule has 140 valence electrons. The Bertz CT molecular complexity index is 852. The molecule has 0 aliphatic heterocycles. The molecule has 2 aromatic heterocycles. The average Bonchev–Trinajstić information content (AvgIpc) is 3.14. The molecule has 0 bridgehead atoms. The van der Waals surface area contributed by atoms with Crippen molar-refractivity contribution < 1.29 is 37.4 Å². The van der Waals surface area contributed by atoms with Crippen LogP contribution in [0.1, 0.15) is 43.9 Å². The Morgan fingerprint density at radius 3 is 2.42 bits per heavy atom. The van der Waals surface area contributed by atoms with Crippen molar-refractivity contribution in [2.24, 2.45) is 7.05 Å². The number of rotatable bonds is 6. The van der Waals surface area contributed by atoms with E-state index in [0.29, 0.717) is 0 Å². The van der Waals surface area contributed by atoms with Gasteiger partial charge in [0.25, 0.3) is 0 Å². The summed E-state index contributed by atoms with van der Waals surface area (Å²) in [5.74, 6) is -3.73. The van der Waals surface area contributed by atoms with Crippen molar-refractivity contribution in [3.05, 3.63) is 44.9 Å². The van der Waals surface area contributed by atoms with Crippen LogP contribution in [0.4, 0.5) is 13.2 Å². The minimum Gasteiger partial charge on any atom is -0.478 e. The van der Waals surface area contributed by atoms with Crippen molar-refractivity contribution in [3.63, 3.8) is 0 Å². The molecule has 6 nitrogen and oxygen atoms in total. The zero-order valence-electron chi connectivity index (χ0n) is 13.7. The molecule has 10 heteroatoms. The van der Waals surface area contributed by atoms with Crippen LogP contribution in [0.3, 0.4) is 0 Å². The van der Waals surface area contributed by atoms with Gasteiger partial charge in [0.15, 0.2) is 0 Å². The smallest absolute Gasteiger partial charge is 0.419 e. The topological polar surface area (TPSA) is 85.6 Å². The SMILES string of the molecule is CCOC(=O)Cc1c(C(=O)O)c(C(F)(F)F)c(C(=O)c2cccs2)n1C. The molecule has 0 spiro atoms. The molecule has 0 saturated carbocycles. The van der Waals surface area contributed by atoms with Crippen LogP contribution in [-0.4, -0.2) is 34.0 Å². The lowest BCUT2D eigenvalue weighted by atomic mass is 10.0. The van der Waals surface area contributed by atoms with E-state index in [2.05, 4.69) is 0 Å². The summed E-state index contributed by atoms with van der Waals surface area (Å²) in [6.07, 6.45) is -5.80. The largest absolute Gasteiger partial charge is 0.478 e. The van der Waals surface area contributed by atoms with E-state index in [9.17, 15) is 32.7 Å². The van der Waals surface area contributed by atoms with Crippen molar-refractivity contribution in [1.82, 2.24) is 4.57 Å². The van der Waals surface area contributed by atoms with Gasteiger partial charge >= 0.3 is 18.1 Å². The maximum Gasteiger partial charge on any atom is 0.419 e. The first kappa shape index (κ1) is 19.7. The number of thiophene rings is 1. The Morgan fingerprint density at radius 1 is 1.31 bits per heavy atom. The van der Waals surface area contributed by atoms with Crippen LogP contribution < -0.4 is 0 Å². The molecule has 0 aliphatic carbocycles. The number of hydrogen-bond acceptors (Lipinski definition) is 5. The molecule has 1 N–H and O–H groups in total. The number of carbonyl (C=O) groups excluding carboxylic acids is 2. The fourth-order valence-corrected chi connectivity index (χ4v) is 3.25. The second-order valence-corrected chi connectivity index (χ2v) is 6.14. The second kappa shape index (κ2) is 7.32. The van der Waals surface area contributed by atoms with Crippen LogP contribution in [0.2, 0.25) is 0 Å². The van der Waals surface area contributed by atoms with Crippen molar-refractivity contribution in [2.45, 2.75) is 19.5 Å². The van der Waals surface area contributed by atoms with E-state index in [1.54, 1.807) is 0 Å². The van der Waals surface area contributed by atoms with Crippen LogP contribution >= 0.6 is 11.3 Å². The first-order valence-electron chi connectivity index (χ1n) is 7.35. The molecule has 0 aromatic carbocycles. The van der Waals surface area contributed by atoms with E-state index >= 15 is 0 Å². The van der Waals surface area contributed by atoms with Crippen LogP contribution in [0.5, 0.6) is 0 Å². The summed E-state index contributed by atoms with van der Waals surface area (Å²) in [4.78, 5) is 35.8. The van der Waals surface area contributed by atoms with E-state index in [1.807, 2.05) is 0 Å². The third-order valence-electron chi connectivity index (χ3n) is 3.59.